The predicted molar refractivity (Wildman–Crippen MR) is 132 cm³/mol. The molecule has 1 aliphatic rings. The summed E-state index contributed by atoms with van der Waals surface area (Å²) in [7, 11) is 1.72. The smallest absolute Gasteiger partial charge is 0.255 e. The van der Waals surface area contributed by atoms with Gasteiger partial charge in [0.1, 0.15) is 5.82 Å². The fourth-order valence-corrected chi connectivity index (χ4v) is 5.12. The molecule has 180 valence electrons. The number of piperidine rings is 1. The van der Waals surface area contributed by atoms with Gasteiger partial charge in [-0.2, -0.15) is 0 Å². The maximum atomic E-state index is 14.7. The van der Waals surface area contributed by atoms with Crippen LogP contribution in [0.1, 0.15) is 66.4 Å². The minimum absolute atomic E-state index is 0.101. The molecule has 3 rings (SSSR count). The lowest BCUT2D eigenvalue weighted by Gasteiger charge is -2.41. The molecule has 1 aromatic carbocycles. The minimum Gasteiger partial charge on any atom is -0.368 e. The Balaban J connectivity index is 1.88. The van der Waals surface area contributed by atoms with Crippen LogP contribution in [0.25, 0.3) is 0 Å². The molecular formula is C26H37FN4O2. The molecule has 0 saturated carbocycles. The van der Waals surface area contributed by atoms with E-state index in [0.717, 1.165) is 41.9 Å². The van der Waals surface area contributed by atoms with Crippen molar-refractivity contribution in [3.63, 3.8) is 0 Å². The molecule has 1 saturated heterocycles. The van der Waals surface area contributed by atoms with E-state index in [9.17, 15) is 14.0 Å². The van der Waals surface area contributed by atoms with E-state index in [4.69, 9.17) is 0 Å². The Morgan fingerprint density at radius 2 is 1.82 bits per heavy atom. The van der Waals surface area contributed by atoms with Crippen molar-refractivity contribution in [2.75, 3.05) is 11.4 Å². The number of amides is 1. The Hall–Kier alpha value is -2.67. The molecule has 0 unspecified atom stereocenters. The second kappa shape index (κ2) is 10.1. The van der Waals surface area contributed by atoms with E-state index >= 15 is 0 Å². The maximum Gasteiger partial charge on any atom is 0.255 e. The van der Waals surface area contributed by atoms with Gasteiger partial charge in [-0.3, -0.25) is 9.59 Å². The molecule has 2 heterocycles. The van der Waals surface area contributed by atoms with Crippen molar-refractivity contribution in [3.05, 3.63) is 62.3 Å². The van der Waals surface area contributed by atoms with Crippen LogP contribution in [0.5, 0.6) is 0 Å². The first kappa shape index (κ1) is 25.0. The number of benzene rings is 1. The number of nitrogens with zero attached hydrogens (tertiary/aromatic N) is 2. The lowest BCUT2D eigenvalue weighted by Crippen LogP contribution is -2.51. The molecule has 0 spiro atoms. The number of pyridine rings is 1. The zero-order chi connectivity index (χ0) is 24.4. The lowest BCUT2D eigenvalue weighted by atomic mass is 9.92. The number of rotatable bonds is 6. The van der Waals surface area contributed by atoms with E-state index in [-0.39, 0.29) is 24.1 Å². The van der Waals surface area contributed by atoms with Gasteiger partial charge in [0.2, 0.25) is 0 Å². The van der Waals surface area contributed by atoms with E-state index in [1.807, 2.05) is 26.8 Å². The molecule has 7 heteroatoms. The van der Waals surface area contributed by atoms with Crippen LogP contribution >= 0.6 is 0 Å². The molecule has 1 aliphatic heterocycles. The zero-order valence-corrected chi connectivity index (χ0v) is 20.9. The Labute approximate surface area is 196 Å². The molecule has 6 nitrogen and oxygen atoms in total. The van der Waals surface area contributed by atoms with Crippen molar-refractivity contribution in [1.29, 1.82) is 0 Å². The Kier molecular flexibility index (Phi) is 7.62. The number of halogens is 1. The molecule has 1 amide bonds. The summed E-state index contributed by atoms with van der Waals surface area (Å²) in [5, 5.41) is 6.39. The molecule has 0 radical (unpaired) electrons. The van der Waals surface area contributed by atoms with E-state index in [2.05, 4.69) is 36.3 Å². The van der Waals surface area contributed by atoms with Crippen LogP contribution < -0.4 is 21.1 Å². The van der Waals surface area contributed by atoms with Crippen LogP contribution in [0.4, 0.5) is 10.1 Å². The van der Waals surface area contributed by atoms with E-state index in [0.29, 0.717) is 23.2 Å². The summed E-state index contributed by atoms with van der Waals surface area (Å²) >= 11 is 0. The highest BCUT2D eigenvalue weighted by Crippen LogP contribution is 2.30. The molecule has 0 bridgehead atoms. The van der Waals surface area contributed by atoms with Gasteiger partial charge in [0.05, 0.1) is 0 Å². The summed E-state index contributed by atoms with van der Waals surface area (Å²) in [6.45, 7) is 12.8. The quantitative estimate of drug-likeness (QED) is 0.695. The third-order valence-electron chi connectivity index (χ3n) is 6.92. The minimum atomic E-state index is -0.434. The van der Waals surface area contributed by atoms with Crippen molar-refractivity contribution < 1.29 is 9.18 Å². The number of aryl methyl sites for hydroxylation is 2. The van der Waals surface area contributed by atoms with Crippen molar-refractivity contribution in [2.24, 2.45) is 7.05 Å². The topological polar surface area (TPSA) is 66.4 Å². The normalized spacial score (nSPS) is 20.5. The molecule has 2 aromatic rings. The highest BCUT2D eigenvalue weighted by Gasteiger charge is 2.29. The Morgan fingerprint density at radius 1 is 1.18 bits per heavy atom. The fraction of sp³-hybridized carbons (Fsp3) is 0.538. The third kappa shape index (κ3) is 5.29. The van der Waals surface area contributed by atoms with Gasteiger partial charge in [0.25, 0.3) is 11.5 Å². The number of carbonyl (C=O) groups is 1. The summed E-state index contributed by atoms with van der Waals surface area (Å²) in [6, 6.07) is 5.78. The molecule has 1 fully saturated rings. The van der Waals surface area contributed by atoms with Crippen LogP contribution in [-0.2, 0) is 13.6 Å². The molecule has 1 aromatic heterocycles. The summed E-state index contributed by atoms with van der Waals surface area (Å²) in [5.74, 6) is -0.810. The third-order valence-corrected chi connectivity index (χ3v) is 6.92. The van der Waals surface area contributed by atoms with Crippen LogP contribution in [-0.4, -0.2) is 35.1 Å². The van der Waals surface area contributed by atoms with Gasteiger partial charge >= 0.3 is 0 Å². The Morgan fingerprint density at radius 3 is 2.42 bits per heavy atom. The lowest BCUT2D eigenvalue weighted by molar-refractivity contribution is 0.0949. The molecule has 0 aliphatic carbocycles. The number of hydrogen-bond donors (Lipinski definition) is 2. The van der Waals surface area contributed by atoms with Gasteiger partial charge in [-0.05, 0) is 83.7 Å². The van der Waals surface area contributed by atoms with Crippen molar-refractivity contribution in [3.8, 4) is 0 Å². The van der Waals surface area contributed by atoms with Crippen molar-refractivity contribution in [2.45, 2.75) is 79.1 Å². The first-order valence-corrected chi connectivity index (χ1v) is 11.8. The molecule has 2 atom stereocenters. The molecule has 33 heavy (non-hydrogen) atoms. The van der Waals surface area contributed by atoms with Crippen LogP contribution in [0.3, 0.4) is 0 Å². The van der Waals surface area contributed by atoms with Gasteiger partial charge in [0, 0.05) is 60.8 Å². The molecular weight excluding hydrogens is 419 g/mol. The fourth-order valence-electron chi connectivity index (χ4n) is 5.12. The predicted octanol–water partition coefficient (Wildman–Crippen LogP) is 3.73. The van der Waals surface area contributed by atoms with Gasteiger partial charge in [-0.25, -0.2) is 4.39 Å². The highest BCUT2D eigenvalue weighted by molar-refractivity contribution is 5.97. The second-order valence-electron chi connectivity index (χ2n) is 9.47. The van der Waals surface area contributed by atoms with Gasteiger partial charge in [-0.15, -0.1) is 0 Å². The van der Waals surface area contributed by atoms with Crippen molar-refractivity contribution in [1.82, 2.24) is 15.2 Å². The average Bonchev–Trinajstić information content (AvgIpc) is 2.74. The summed E-state index contributed by atoms with van der Waals surface area (Å²) in [6.07, 6.45) is 1.93. The first-order valence-electron chi connectivity index (χ1n) is 11.8. The average molecular weight is 457 g/mol. The summed E-state index contributed by atoms with van der Waals surface area (Å²) in [4.78, 5) is 27.9. The highest BCUT2D eigenvalue weighted by atomic mass is 19.1. The summed E-state index contributed by atoms with van der Waals surface area (Å²) < 4.78 is 16.3. The largest absolute Gasteiger partial charge is 0.368 e. The van der Waals surface area contributed by atoms with Gasteiger partial charge < -0.3 is 20.1 Å². The van der Waals surface area contributed by atoms with Crippen LogP contribution in [0, 0.1) is 26.6 Å². The van der Waals surface area contributed by atoms with Crippen LogP contribution in [0.2, 0.25) is 0 Å². The van der Waals surface area contributed by atoms with E-state index < -0.39 is 5.82 Å². The standard InChI is InChI=1S/C26H37FN4O2/c1-8-31(21-10-16(3)29-17(4)11-21)24-13-20(27)12-22(19(24)6)25(32)28-14-23-15(2)9-18(5)30(7)26(23)33/h9,12-13,16-17,21,29H,8,10-11,14H2,1-7H3,(H,28,32)/t16-,17-/m1/s1. The second-order valence-corrected chi connectivity index (χ2v) is 9.47. The van der Waals surface area contributed by atoms with Crippen molar-refractivity contribution >= 4 is 11.6 Å². The number of hydrogen-bond acceptors (Lipinski definition) is 4. The zero-order valence-electron chi connectivity index (χ0n) is 20.9. The first-order chi connectivity index (χ1) is 15.5. The number of anilines is 1. The van der Waals surface area contributed by atoms with Gasteiger partial charge in [-0.1, -0.05) is 0 Å². The van der Waals surface area contributed by atoms with E-state index in [1.165, 1.54) is 12.1 Å². The molecule has 2 N–H and O–H groups in total. The Bertz CT molecular complexity index is 1080. The number of carbonyl (C=O) groups excluding carboxylic acids is 1. The SMILES string of the molecule is CCN(c1cc(F)cc(C(=O)NCc2c(C)cc(C)n(C)c2=O)c1C)C1C[C@@H](C)N[C@H](C)C1. The number of nitrogens with one attached hydrogen (secondary N) is 2. The summed E-state index contributed by atoms with van der Waals surface area (Å²) in [5.41, 5.74) is 3.92. The van der Waals surface area contributed by atoms with Gasteiger partial charge in [0.15, 0.2) is 0 Å². The number of aromatic nitrogens is 1. The van der Waals surface area contributed by atoms with E-state index in [1.54, 1.807) is 11.6 Å². The maximum absolute atomic E-state index is 14.7. The van der Waals surface area contributed by atoms with Crippen LogP contribution in [0.15, 0.2) is 23.0 Å². The monoisotopic (exact) mass is 456 g/mol.